The molecule has 4 aromatic carbocycles. The van der Waals surface area contributed by atoms with Gasteiger partial charge in [-0.3, -0.25) is 9.69 Å². The third-order valence-corrected chi connectivity index (χ3v) is 8.81. The Labute approximate surface area is 281 Å². The highest BCUT2D eigenvalue weighted by atomic mass is 16.7. The smallest absolute Gasteiger partial charge is 0.323 e. The summed E-state index contributed by atoms with van der Waals surface area (Å²) in [4.78, 5) is 30.5. The molecule has 0 saturated heterocycles. The molecule has 3 N–H and O–H groups in total. The second-order valence-electron chi connectivity index (χ2n) is 12.6. The Hall–Kier alpha value is -5.06. The van der Waals surface area contributed by atoms with E-state index >= 15 is 0 Å². The number of aliphatic hydroxyl groups is 1. The average Bonchev–Trinajstić information content (AvgIpc) is 3.57. The Morgan fingerprint density at radius 1 is 0.917 bits per heavy atom. The highest BCUT2D eigenvalue weighted by Crippen LogP contribution is 2.34. The molecule has 6 rings (SSSR count). The lowest BCUT2D eigenvalue weighted by Crippen LogP contribution is -2.47. The molecule has 0 saturated carbocycles. The quantitative estimate of drug-likeness (QED) is 0.204. The highest BCUT2D eigenvalue weighted by Gasteiger charge is 2.31. The zero-order valence-electron chi connectivity index (χ0n) is 27.5. The minimum absolute atomic E-state index is 0.0258. The maximum Gasteiger partial charge on any atom is 0.323 e. The fourth-order valence-electron chi connectivity index (χ4n) is 6.11. The number of urea groups is 1. The summed E-state index contributed by atoms with van der Waals surface area (Å²) in [5.41, 5.74) is 5.28. The molecule has 0 bridgehead atoms. The molecule has 2 heterocycles. The molecule has 0 aromatic heterocycles. The van der Waals surface area contributed by atoms with Crippen molar-refractivity contribution in [3.63, 3.8) is 0 Å². The predicted octanol–water partition coefficient (Wildman–Crippen LogP) is 6.01. The van der Waals surface area contributed by atoms with Gasteiger partial charge in [-0.2, -0.15) is 0 Å². The molecular weight excluding hydrogens is 608 g/mol. The van der Waals surface area contributed by atoms with Crippen molar-refractivity contribution < 1.29 is 28.9 Å². The molecule has 250 valence electrons. The molecular formula is C38H42N4O6. The number of amides is 3. The molecule has 0 radical (unpaired) electrons. The van der Waals surface area contributed by atoms with Gasteiger partial charge in [0.25, 0.3) is 0 Å². The second kappa shape index (κ2) is 14.8. The third kappa shape index (κ3) is 7.90. The van der Waals surface area contributed by atoms with Crippen LogP contribution in [0.3, 0.4) is 0 Å². The minimum atomic E-state index is -0.440. The van der Waals surface area contributed by atoms with Gasteiger partial charge in [-0.05, 0) is 61.0 Å². The van der Waals surface area contributed by atoms with E-state index in [1.807, 2.05) is 31.2 Å². The number of carbonyl (C=O) groups is 2. The molecule has 2 aliphatic rings. The molecule has 3 amide bonds. The lowest BCUT2D eigenvalue weighted by Gasteiger charge is -2.34. The zero-order chi connectivity index (χ0) is 33.6. The van der Waals surface area contributed by atoms with Crippen LogP contribution in [-0.4, -0.2) is 72.5 Å². The molecule has 48 heavy (non-hydrogen) atoms. The molecule has 4 aromatic rings. The van der Waals surface area contributed by atoms with Crippen LogP contribution in [0, 0.1) is 5.92 Å². The summed E-state index contributed by atoms with van der Waals surface area (Å²) in [7, 11) is 2.07. The van der Waals surface area contributed by atoms with Crippen molar-refractivity contribution in [3.8, 4) is 28.4 Å². The molecule has 0 spiro atoms. The Bertz CT molecular complexity index is 1730. The lowest BCUT2D eigenvalue weighted by atomic mass is 10.0. The first-order valence-electron chi connectivity index (χ1n) is 16.3. The number of fused-ring (bicyclic) bond motifs is 2. The number of rotatable bonds is 9. The third-order valence-electron chi connectivity index (χ3n) is 8.81. The summed E-state index contributed by atoms with van der Waals surface area (Å²) in [6.45, 7) is 5.73. The molecule has 0 fully saturated rings. The van der Waals surface area contributed by atoms with E-state index in [9.17, 15) is 14.7 Å². The first kappa shape index (κ1) is 32.9. The largest absolute Gasteiger partial charge is 0.488 e. The Morgan fingerprint density at radius 2 is 1.58 bits per heavy atom. The van der Waals surface area contributed by atoms with Gasteiger partial charge in [-0.1, -0.05) is 61.5 Å². The number of ether oxygens (including phenoxy) is 3. The van der Waals surface area contributed by atoms with E-state index in [2.05, 4.69) is 65.9 Å². The normalized spacial score (nSPS) is 17.9. The minimum Gasteiger partial charge on any atom is -0.488 e. The van der Waals surface area contributed by atoms with Gasteiger partial charge in [-0.15, -0.1) is 0 Å². The summed E-state index contributed by atoms with van der Waals surface area (Å²) in [6.07, 6.45) is -0.174. The number of anilines is 2. The number of benzene rings is 4. The fraction of sp³-hybridized carbons (Fsp3) is 0.316. The van der Waals surface area contributed by atoms with Gasteiger partial charge in [-0.25, -0.2) is 4.79 Å². The van der Waals surface area contributed by atoms with Gasteiger partial charge in [0.05, 0.1) is 19.1 Å². The van der Waals surface area contributed by atoms with E-state index in [0.29, 0.717) is 47.3 Å². The van der Waals surface area contributed by atoms with Crippen LogP contribution in [0.4, 0.5) is 16.2 Å². The summed E-state index contributed by atoms with van der Waals surface area (Å²) < 4.78 is 17.4. The zero-order valence-corrected chi connectivity index (χ0v) is 27.5. The number of nitrogens with zero attached hydrogens (tertiary/aromatic N) is 2. The number of carbonyl (C=O) groups excluding carboxylic acids is 2. The van der Waals surface area contributed by atoms with Crippen LogP contribution in [-0.2, 0) is 17.8 Å². The van der Waals surface area contributed by atoms with E-state index in [-0.39, 0.29) is 43.8 Å². The fourth-order valence-corrected chi connectivity index (χ4v) is 6.11. The molecule has 0 aliphatic carbocycles. The van der Waals surface area contributed by atoms with Gasteiger partial charge in [0.1, 0.15) is 11.9 Å². The van der Waals surface area contributed by atoms with Crippen LogP contribution in [0.5, 0.6) is 17.2 Å². The molecule has 10 nitrogen and oxygen atoms in total. The Morgan fingerprint density at radius 3 is 2.31 bits per heavy atom. The number of hydrogen-bond acceptors (Lipinski definition) is 7. The lowest BCUT2D eigenvalue weighted by molar-refractivity contribution is -0.134. The van der Waals surface area contributed by atoms with Gasteiger partial charge >= 0.3 is 6.03 Å². The van der Waals surface area contributed by atoms with Crippen LogP contribution >= 0.6 is 0 Å². The first-order chi connectivity index (χ1) is 23.2. The van der Waals surface area contributed by atoms with Gasteiger partial charge < -0.3 is 34.9 Å². The van der Waals surface area contributed by atoms with Gasteiger partial charge in [0.2, 0.25) is 12.7 Å². The topological polar surface area (TPSA) is 113 Å². The summed E-state index contributed by atoms with van der Waals surface area (Å²) in [5.74, 6) is 1.66. The van der Waals surface area contributed by atoms with E-state index in [0.717, 1.165) is 6.54 Å². The number of likely N-dealkylation sites (N-methyl/N-ethyl adjacent to an activating group) is 1. The van der Waals surface area contributed by atoms with Crippen LogP contribution in [0.2, 0.25) is 0 Å². The molecule has 2 aliphatic heterocycles. The Kier molecular flexibility index (Phi) is 10.1. The number of aliphatic hydroxyl groups excluding tert-OH is 1. The van der Waals surface area contributed by atoms with E-state index in [1.165, 1.54) is 16.7 Å². The Balaban J connectivity index is 1.17. The van der Waals surface area contributed by atoms with Crippen molar-refractivity contribution in [3.05, 3.63) is 102 Å². The number of hydrogen-bond donors (Lipinski definition) is 3. The summed E-state index contributed by atoms with van der Waals surface area (Å²) in [5, 5.41) is 15.7. The van der Waals surface area contributed by atoms with Crippen LogP contribution in [0.1, 0.15) is 25.0 Å². The number of nitrogens with one attached hydrogen (secondary N) is 2. The molecule has 0 unspecified atom stereocenters. The van der Waals surface area contributed by atoms with Crippen molar-refractivity contribution in [2.75, 3.05) is 44.2 Å². The van der Waals surface area contributed by atoms with E-state index in [1.54, 1.807) is 35.2 Å². The van der Waals surface area contributed by atoms with Crippen molar-refractivity contribution >= 4 is 23.3 Å². The van der Waals surface area contributed by atoms with E-state index < -0.39 is 6.03 Å². The molecule has 3 atom stereocenters. The maximum atomic E-state index is 13.6. The average molecular weight is 651 g/mol. The molecule has 10 heteroatoms. The highest BCUT2D eigenvalue weighted by molar-refractivity contribution is 6.00. The van der Waals surface area contributed by atoms with Gasteiger partial charge in [0, 0.05) is 48.6 Å². The van der Waals surface area contributed by atoms with Crippen molar-refractivity contribution in [2.45, 2.75) is 39.0 Å². The second-order valence-corrected chi connectivity index (χ2v) is 12.6. The predicted molar refractivity (Wildman–Crippen MR) is 185 cm³/mol. The SMILES string of the molecule is C[C@@H]1CN([C@H](C)CO)C(=O)Cc2cc(NC(=O)Nc3ccc4c(c3)OCO4)ccc2O[C@@H]1CN(C)Cc1ccc(-c2ccccc2)cc1. The van der Waals surface area contributed by atoms with Crippen molar-refractivity contribution in [2.24, 2.45) is 5.92 Å². The summed E-state index contributed by atoms with van der Waals surface area (Å²) >= 11 is 0. The van der Waals surface area contributed by atoms with E-state index in [4.69, 9.17) is 14.2 Å². The van der Waals surface area contributed by atoms with Crippen LogP contribution < -0.4 is 24.8 Å². The standard InChI is InChI=1S/C38H42N4O6/c1-25-20-42(26(2)23-43)37(44)18-30-17-31(39-38(45)40-32-14-16-34-35(19-32)47-24-46-34)13-15-33(30)48-36(25)22-41(3)21-27-9-11-29(12-10-27)28-7-5-4-6-8-28/h4-17,19,25-26,36,43H,18,20-24H2,1-3H3,(H2,39,40,45)/t25-,26-,36-/m1/s1. The first-order valence-corrected chi connectivity index (χ1v) is 16.3. The van der Waals surface area contributed by atoms with Crippen LogP contribution in [0.15, 0.2) is 91.0 Å². The monoisotopic (exact) mass is 650 g/mol. The maximum absolute atomic E-state index is 13.6. The summed E-state index contributed by atoms with van der Waals surface area (Å²) in [6, 6.07) is 28.7. The van der Waals surface area contributed by atoms with Gasteiger partial charge in [0.15, 0.2) is 11.5 Å². The van der Waals surface area contributed by atoms with Crippen molar-refractivity contribution in [1.29, 1.82) is 0 Å². The van der Waals surface area contributed by atoms with Crippen LogP contribution in [0.25, 0.3) is 11.1 Å². The van der Waals surface area contributed by atoms with Crippen molar-refractivity contribution in [1.82, 2.24) is 9.80 Å².